The molecule has 0 heterocycles. The number of carboxylic acids is 1. The summed E-state index contributed by atoms with van der Waals surface area (Å²) in [5, 5.41) is 9.24. The van der Waals surface area contributed by atoms with Gasteiger partial charge in [0.1, 0.15) is 5.60 Å². The predicted molar refractivity (Wildman–Crippen MR) is 72.8 cm³/mol. The minimum Gasteiger partial charge on any atom is -0.481 e. The third kappa shape index (κ3) is 6.60. The van der Waals surface area contributed by atoms with E-state index in [2.05, 4.69) is 0 Å². The zero-order valence-electron chi connectivity index (χ0n) is 12.3. The first-order valence-corrected chi connectivity index (χ1v) is 7.22. The highest BCUT2D eigenvalue weighted by atomic mass is 16.6. The van der Waals surface area contributed by atoms with Gasteiger partial charge in [-0.05, 0) is 33.1 Å². The van der Waals surface area contributed by atoms with E-state index in [9.17, 15) is 14.7 Å². The zero-order chi connectivity index (χ0) is 14.5. The number of aliphatic carboxylic acids is 1. The van der Waals surface area contributed by atoms with Crippen LogP contribution in [0.25, 0.3) is 0 Å². The van der Waals surface area contributed by atoms with Crippen molar-refractivity contribution in [2.45, 2.75) is 71.3 Å². The van der Waals surface area contributed by atoms with Gasteiger partial charge >= 0.3 is 11.9 Å². The summed E-state index contributed by atoms with van der Waals surface area (Å²) in [7, 11) is 0. The summed E-state index contributed by atoms with van der Waals surface area (Å²) in [4.78, 5) is 23.0. The van der Waals surface area contributed by atoms with E-state index in [-0.39, 0.29) is 6.42 Å². The van der Waals surface area contributed by atoms with Crippen LogP contribution < -0.4 is 0 Å². The van der Waals surface area contributed by atoms with Gasteiger partial charge in [0.25, 0.3) is 0 Å². The smallest absolute Gasteiger partial charge is 0.307 e. The van der Waals surface area contributed by atoms with Gasteiger partial charge < -0.3 is 9.84 Å². The number of ether oxygens (including phenoxy) is 1. The van der Waals surface area contributed by atoms with Gasteiger partial charge in [0.05, 0.1) is 12.3 Å². The van der Waals surface area contributed by atoms with E-state index in [4.69, 9.17) is 4.74 Å². The molecule has 0 spiro atoms. The van der Waals surface area contributed by atoms with Gasteiger partial charge in [-0.2, -0.15) is 0 Å². The van der Waals surface area contributed by atoms with Crippen molar-refractivity contribution in [3.63, 3.8) is 0 Å². The molecule has 0 unspecified atom stereocenters. The minimum absolute atomic E-state index is 0.0108. The second-order valence-electron chi connectivity index (χ2n) is 6.57. The maximum Gasteiger partial charge on any atom is 0.307 e. The van der Waals surface area contributed by atoms with E-state index in [1.165, 1.54) is 19.3 Å². The van der Waals surface area contributed by atoms with Crippen LogP contribution in [-0.2, 0) is 14.3 Å². The fourth-order valence-corrected chi connectivity index (χ4v) is 2.68. The van der Waals surface area contributed by atoms with E-state index in [0.717, 1.165) is 12.8 Å². The summed E-state index contributed by atoms with van der Waals surface area (Å²) in [6.07, 6.45) is 6.40. The Labute approximate surface area is 115 Å². The van der Waals surface area contributed by atoms with Crippen molar-refractivity contribution in [1.29, 1.82) is 0 Å². The molecule has 1 aliphatic carbocycles. The normalized spacial score (nSPS) is 18.9. The molecule has 1 saturated carbocycles. The molecule has 1 aliphatic rings. The van der Waals surface area contributed by atoms with Crippen LogP contribution >= 0.6 is 0 Å². The van der Waals surface area contributed by atoms with Crippen LogP contribution in [0.3, 0.4) is 0 Å². The van der Waals surface area contributed by atoms with Gasteiger partial charge in [-0.3, -0.25) is 9.59 Å². The van der Waals surface area contributed by atoms with Gasteiger partial charge in [0.15, 0.2) is 0 Å². The summed E-state index contributed by atoms with van der Waals surface area (Å²) in [6, 6.07) is 0. The SMILES string of the molecule is CC(C)(C)OC(=O)C[C@@H](CC1CCCCC1)C(=O)O. The van der Waals surface area contributed by atoms with Crippen molar-refractivity contribution in [3.8, 4) is 0 Å². The number of rotatable bonds is 5. The maximum atomic E-state index is 11.7. The molecule has 1 rings (SSSR count). The van der Waals surface area contributed by atoms with Crippen molar-refractivity contribution in [1.82, 2.24) is 0 Å². The van der Waals surface area contributed by atoms with E-state index in [1.807, 2.05) is 0 Å². The van der Waals surface area contributed by atoms with Crippen molar-refractivity contribution in [3.05, 3.63) is 0 Å². The number of carboxylic acid groups (broad SMARTS) is 1. The summed E-state index contributed by atoms with van der Waals surface area (Å²) in [5.74, 6) is -1.43. The highest BCUT2D eigenvalue weighted by molar-refractivity contribution is 5.78. The summed E-state index contributed by atoms with van der Waals surface area (Å²) in [6.45, 7) is 5.38. The number of hydrogen-bond donors (Lipinski definition) is 1. The van der Waals surface area contributed by atoms with Crippen molar-refractivity contribution in [2.24, 2.45) is 11.8 Å². The Bertz CT molecular complexity index is 311. The van der Waals surface area contributed by atoms with Crippen LogP contribution in [0, 0.1) is 11.8 Å². The summed E-state index contributed by atoms with van der Waals surface area (Å²) in [5.41, 5.74) is -0.551. The first-order chi connectivity index (χ1) is 8.78. The Morgan fingerprint density at radius 1 is 1.21 bits per heavy atom. The highest BCUT2D eigenvalue weighted by Crippen LogP contribution is 2.30. The predicted octanol–water partition coefficient (Wildman–Crippen LogP) is 3.39. The first-order valence-electron chi connectivity index (χ1n) is 7.22. The van der Waals surface area contributed by atoms with E-state index in [0.29, 0.717) is 12.3 Å². The molecule has 0 radical (unpaired) electrons. The molecule has 110 valence electrons. The maximum absolute atomic E-state index is 11.7. The second-order valence-corrected chi connectivity index (χ2v) is 6.57. The molecular weight excluding hydrogens is 244 g/mol. The van der Waals surface area contributed by atoms with Crippen LogP contribution in [-0.4, -0.2) is 22.6 Å². The molecule has 1 fully saturated rings. The Morgan fingerprint density at radius 3 is 2.26 bits per heavy atom. The van der Waals surface area contributed by atoms with Gasteiger partial charge in [0, 0.05) is 0 Å². The number of esters is 1. The fourth-order valence-electron chi connectivity index (χ4n) is 2.68. The van der Waals surface area contributed by atoms with Gasteiger partial charge in [-0.1, -0.05) is 32.1 Å². The molecule has 0 aromatic heterocycles. The molecule has 0 saturated heterocycles. The average Bonchev–Trinajstić information content (AvgIpc) is 2.26. The Morgan fingerprint density at radius 2 is 1.79 bits per heavy atom. The molecule has 1 N–H and O–H groups in total. The largest absolute Gasteiger partial charge is 0.481 e. The van der Waals surface area contributed by atoms with Crippen LogP contribution in [0.15, 0.2) is 0 Å². The Kier molecular flexibility index (Phi) is 5.83. The summed E-state index contributed by atoms with van der Waals surface area (Å²) < 4.78 is 5.21. The molecule has 1 atom stereocenters. The standard InChI is InChI=1S/C15H26O4/c1-15(2,3)19-13(16)10-12(14(17)18)9-11-7-5-4-6-8-11/h11-12H,4-10H2,1-3H3,(H,17,18)/t12-/m1/s1. The first kappa shape index (κ1) is 16.0. The number of hydrogen-bond acceptors (Lipinski definition) is 3. The highest BCUT2D eigenvalue weighted by Gasteiger charge is 2.28. The van der Waals surface area contributed by atoms with Crippen LogP contribution in [0.5, 0.6) is 0 Å². The molecule has 0 bridgehead atoms. The summed E-state index contributed by atoms with van der Waals surface area (Å²) >= 11 is 0. The number of carbonyl (C=O) groups is 2. The molecule has 0 aromatic rings. The monoisotopic (exact) mass is 270 g/mol. The third-order valence-corrected chi connectivity index (χ3v) is 3.52. The van der Waals surface area contributed by atoms with Crippen molar-refractivity contribution >= 4 is 11.9 Å². The second kappa shape index (κ2) is 6.92. The average molecular weight is 270 g/mol. The molecule has 0 aliphatic heterocycles. The molecule has 4 heteroatoms. The van der Waals surface area contributed by atoms with E-state index < -0.39 is 23.5 Å². The lowest BCUT2D eigenvalue weighted by atomic mass is 9.82. The van der Waals surface area contributed by atoms with Crippen LogP contribution in [0.1, 0.15) is 65.7 Å². The zero-order valence-corrected chi connectivity index (χ0v) is 12.3. The van der Waals surface area contributed by atoms with E-state index >= 15 is 0 Å². The molecule has 19 heavy (non-hydrogen) atoms. The third-order valence-electron chi connectivity index (χ3n) is 3.52. The van der Waals surface area contributed by atoms with Gasteiger partial charge in [-0.25, -0.2) is 0 Å². The fraction of sp³-hybridized carbons (Fsp3) is 0.867. The molecule has 0 amide bonds. The van der Waals surface area contributed by atoms with Crippen molar-refractivity contribution in [2.75, 3.05) is 0 Å². The molecule has 0 aromatic carbocycles. The Hall–Kier alpha value is -1.06. The van der Waals surface area contributed by atoms with Crippen LogP contribution in [0.2, 0.25) is 0 Å². The van der Waals surface area contributed by atoms with Crippen molar-refractivity contribution < 1.29 is 19.4 Å². The van der Waals surface area contributed by atoms with E-state index in [1.54, 1.807) is 20.8 Å². The van der Waals surface area contributed by atoms with Gasteiger partial charge in [0.2, 0.25) is 0 Å². The quantitative estimate of drug-likeness (QED) is 0.778. The van der Waals surface area contributed by atoms with Crippen LogP contribution in [0.4, 0.5) is 0 Å². The topological polar surface area (TPSA) is 63.6 Å². The lowest BCUT2D eigenvalue weighted by molar-refractivity contribution is -0.160. The van der Waals surface area contributed by atoms with Gasteiger partial charge in [-0.15, -0.1) is 0 Å². The number of carbonyl (C=O) groups excluding carboxylic acids is 1. The lowest BCUT2D eigenvalue weighted by Gasteiger charge is -2.25. The molecule has 4 nitrogen and oxygen atoms in total. The minimum atomic E-state index is -0.878. The molecular formula is C15H26O4. The Balaban J connectivity index is 2.48. The lowest BCUT2D eigenvalue weighted by Crippen LogP contribution is -2.28.